The quantitative estimate of drug-likeness (QED) is 0.771. The third-order valence-electron chi connectivity index (χ3n) is 1.95. The van der Waals surface area contributed by atoms with Crippen molar-refractivity contribution in [2.75, 3.05) is 7.11 Å². The Morgan fingerprint density at radius 1 is 1.47 bits per heavy atom. The van der Waals surface area contributed by atoms with Gasteiger partial charge in [0.2, 0.25) is 0 Å². The van der Waals surface area contributed by atoms with E-state index in [-0.39, 0.29) is 5.75 Å². The molecule has 0 saturated carbocycles. The first-order chi connectivity index (χ1) is 7.81. The maximum atomic E-state index is 12.5. The number of ether oxygens (including phenoxy) is 1. The van der Waals surface area contributed by atoms with Crippen molar-refractivity contribution in [3.8, 4) is 11.8 Å². The number of rotatable bonds is 2. The van der Waals surface area contributed by atoms with Crippen molar-refractivity contribution in [3.05, 3.63) is 28.8 Å². The van der Waals surface area contributed by atoms with Gasteiger partial charge >= 0.3 is 6.18 Å². The minimum absolute atomic E-state index is 0.263. The molecule has 1 aromatic rings. The molecule has 17 heavy (non-hydrogen) atoms. The minimum atomic E-state index is -4.67. The standard InChI is InChI=1S/C10H5ClF3NO2/c1-17-8-5(4-15)2-6(10(12,13)14)3-7(8)9(11)16/h2-3H,1H3. The molecule has 3 nitrogen and oxygen atoms in total. The fourth-order valence-electron chi connectivity index (χ4n) is 1.24. The Kier molecular flexibility index (Phi) is 3.63. The molecule has 0 saturated heterocycles. The van der Waals surface area contributed by atoms with Crippen LogP contribution in [0.3, 0.4) is 0 Å². The first-order valence-electron chi connectivity index (χ1n) is 4.20. The third-order valence-corrected chi connectivity index (χ3v) is 2.16. The van der Waals surface area contributed by atoms with E-state index in [1.165, 1.54) is 6.07 Å². The number of nitrogens with zero attached hydrogens (tertiary/aromatic N) is 1. The summed E-state index contributed by atoms with van der Waals surface area (Å²) in [6.45, 7) is 0. The topological polar surface area (TPSA) is 50.1 Å². The van der Waals surface area contributed by atoms with Crippen LogP contribution in [0.1, 0.15) is 21.5 Å². The molecule has 0 aromatic heterocycles. The van der Waals surface area contributed by atoms with Gasteiger partial charge in [0.15, 0.2) is 0 Å². The van der Waals surface area contributed by atoms with Gasteiger partial charge in [-0.1, -0.05) is 0 Å². The van der Waals surface area contributed by atoms with Gasteiger partial charge in [-0.25, -0.2) is 0 Å². The Morgan fingerprint density at radius 3 is 2.41 bits per heavy atom. The fourth-order valence-corrected chi connectivity index (χ4v) is 1.38. The fraction of sp³-hybridized carbons (Fsp3) is 0.200. The highest BCUT2D eigenvalue weighted by atomic mass is 35.5. The number of benzene rings is 1. The normalized spacial score (nSPS) is 10.8. The van der Waals surface area contributed by atoms with Crippen molar-refractivity contribution in [3.63, 3.8) is 0 Å². The van der Waals surface area contributed by atoms with Crippen molar-refractivity contribution in [1.82, 2.24) is 0 Å². The average molecular weight is 264 g/mol. The van der Waals surface area contributed by atoms with Crippen LogP contribution in [-0.4, -0.2) is 12.4 Å². The van der Waals surface area contributed by atoms with Crippen LogP contribution in [-0.2, 0) is 6.18 Å². The predicted molar refractivity (Wildman–Crippen MR) is 52.9 cm³/mol. The summed E-state index contributed by atoms with van der Waals surface area (Å²) in [6.07, 6.45) is -4.67. The molecule has 0 N–H and O–H groups in total. The summed E-state index contributed by atoms with van der Waals surface area (Å²) in [5.41, 5.74) is -2.01. The Labute approximate surface area is 99.4 Å². The van der Waals surface area contributed by atoms with E-state index in [9.17, 15) is 18.0 Å². The van der Waals surface area contributed by atoms with Crippen molar-refractivity contribution >= 4 is 16.8 Å². The third kappa shape index (κ3) is 2.68. The van der Waals surface area contributed by atoms with Gasteiger partial charge in [-0.15, -0.1) is 0 Å². The molecule has 7 heteroatoms. The highest BCUT2D eigenvalue weighted by molar-refractivity contribution is 6.68. The molecule has 0 atom stereocenters. The SMILES string of the molecule is COc1c(C#N)cc(C(F)(F)F)cc1C(=O)Cl. The van der Waals surface area contributed by atoms with Crippen molar-refractivity contribution < 1.29 is 22.7 Å². The van der Waals surface area contributed by atoms with Crippen LogP contribution in [0.15, 0.2) is 12.1 Å². The van der Waals surface area contributed by atoms with Crippen LogP contribution < -0.4 is 4.74 Å². The van der Waals surface area contributed by atoms with Crippen LogP contribution in [0, 0.1) is 11.3 Å². The van der Waals surface area contributed by atoms with Gasteiger partial charge in [-0.2, -0.15) is 18.4 Å². The van der Waals surface area contributed by atoms with Crippen LogP contribution in [0.4, 0.5) is 13.2 Å². The molecule has 1 rings (SSSR count). The van der Waals surface area contributed by atoms with E-state index in [0.29, 0.717) is 12.1 Å². The smallest absolute Gasteiger partial charge is 0.416 e. The zero-order chi connectivity index (χ0) is 13.2. The van der Waals surface area contributed by atoms with Crippen molar-refractivity contribution in [2.24, 2.45) is 0 Å². The first kappa shape index (κ1) is 13.3. The van der Waals surface area contributed by atoms with E-state index in [2.05, 4.69) is 0 Å². The zero-order valence-corrected chi connectivity index (χ0v) is 9.19. The first-order valence-corrected chi connectivity index (χ1v) is 4.58. The molecule has 0 bridgehead atoms. The lowest BCUT2D eigenvalue weighted by Gasteiger charge is -2.12. The molecule has 0 unspecified atom stereocenters. The summed E-state index contributed by atoms with van der Waals surface area (Å²) in [4.78, 5) is 11.0. The van der Waals surface area contributed by atoms with E-state index in [1.54, 1.807) is 0 Å². The van der Waals surface area contributed by atoms with Gasteiger partial charge in [0.25, 0.3) is 5.24 Å². The molecular formula is C10H5ClF3NO2. The lowest BCUT2D eigenvalue weighted by Crippen LogP contribution is -2.09. The van der Waals surface area contributed by atoms with Crippen LogP contribution in [0.2, 0.25) is 0 Å². The predicted octanol–water partition coefficient (Wildman–Crippen LogP) is 2.96. The minimum Gasteiger partial charge on any atom is -0.495 e. The number of nitriles is 1. The number of halogens is 4. The van der Waals surface area contributed by atoms with E-state index in [4.69, 9.17) is 21.6 Å². The van der Waals surface area contributed by atoms with Gasteiger partial charge in [0.05, 0.1) is 23.8 Å². The molecule has 0 fully saturated rings. The van der Waals surface area contributed by atoms with Gasteiger partial charge in [-0.3, -0.25) is 4.79 Å². The Bertz CT molecular complexity index is 505. The Balaban J connectivity index is 3.59. The summed E-state index contributed by atoms with van der Waals surface area (Å²) < 4.78 is 42.1. The molecule has 0 aliphatic rings. The van der Waals surface area contributed by atoms with E-state index in [1.807, 2.05) is 0 Å². The second-order valence-corrected chi connectivity index (χ2v) is 3.33. The molecule has 0 spiro atoms. The van der Waals surface area contributed by atoms with E-state index >= 15 is 0 Å². The second-order valence-electron chi connectivity index (χ2n) is 2.99. The Morgan fingerprint density at radius 2 is 2.06 bits per heavy atom. The number of carbonyl (C=O) groups is 1. The molecule has 0 heterocycles. The van der Waals surface area contributed by atoms with E-state index < -0.39 is 28.1 Å². The molecule has 90 valence electrons. The summed E-state index contributed by atoms with van der Waals surface area (Å²) in [6, 6.07) is 2.67. The highest BCUT2D eigenvalue weighted by Gasteiger charge is 2.33. The van der Waals surface area contributed by atoms with E-state index in [0.717, 1.165) is 7.11 Å². The molecule has 0 amide bonds. The number of alkyl halides is 3. The summed E-state index contributed by atoms with van der Waals surface area (Å²) in [7, 11) is 1.13. The molecule has 0 radical (unpaired) electrons. The molecule has 0 aliphatic heterocycles. The van der Waals surface area contributed by atoms with Crippen molar-refractivity contribution in [2.45, 2.75) is 6.18 Å². The summed E-state index contributed by atoms with van der Waals surface area (Å²) in [5.74, 6) is -0.263. The van der Waals surface area contributed by atoms with Crippen LogP contribution in [0.25, 0.3) is 0 Å². The summed E-state index contributed by atoms with van der Waals surface area (Å²) in [5, 5.41) is 7.57. The monoisotopic (exact) mass is 263 g/mol. The van der Waals surface area contributed by atoms with Gasteiger partial charge in [-0.05, 0) is 23.7 Å². The van der Waals surface area contributed by atoms with Gasteiger partial charge < -0.3 is 4.74 Å². The highest BCUT2D eigenvalue weighted by Crippen LogP contribution is 2.35. The number of hydrogen-bond donors (Lipinski definition) is 0. The maximum Gasteiger partial charge on any atom is 0.416 e. The van der Waals surface area contributed by atoms with Crippen molar-refractivity contribution in [1.29, 1.82) is 5.26 Å². The Hall–Kier alpha value is -1.74. The maximum absolute atomic E-state index is 12.5. The largest absolute Gasteiger partial charge is 0.495 e. The van der Waals surface area contributed by atoms with Gasteiger partial charge in [0.1, 0.15) is 11.8 Å². The molecule has 0 aliphatic carbocycles. The lowest BCUT2D eigenvalue weighted by atomic mass is 10.0. The second kappa shape index (κ2) is 4.63. The van der Waals surface area contributed by atoms with Gasteiger partial charge in [0, 0.05) is 0 Å². The number of carbonyl (C=O) groups excluding carboxylic acids is 1. The number of hydrogen-bond acceptors (Lipinski definition) is 3. The van der Waals surface area contributed by atoms with Crippen LogP contribution in [0.5, 0.6) is 5.75 Å². The molecular weight excluding hydrogens is 259 g/mol. The number of methoxy groups -OCH3 is 1. The van der Waals surface area contributed by atoms with Crippen LogP contribution >= 0.6 is 11.6 Å². The average Bonchev–Trinajstić information content (AvgIpc) is 2.25. The summed E-state index contributed by atoms with van der Waals surface area (Å²) >= 11 is 5.14. The lowest BCUT2D eigenvalue weighted by molar-refractivity contribution is -0.137. The molecule has 1 aromatic carbocycles. The zero-order valence-electron chi connectivity index (χ0n) is 8.43.